The smallest absolute Gasteiger partial charge is 0.227 e. The van der Waals surface area contributed by atoms with Crippen LogP contribution in [0.3, 0.4) is 0 Å². The van der Waals surface area contributed by atoms with Crippen LogP contribution in [-0.2, 0) is 21.2 Å². The molecule has 2 fully saturated rings. The summed E-state index contributed by atoms with van der Waals surface area (Å²) in [6, 6.07) is 5.28. The van der Waals surface area contributed by atoms with Crippen LogP contribution in [0.5, 0.6) is 11.5 Å². The van der Waals surface area contributed by atoms with Crippen LogP contribution in [0.1, 0.15) is 39.7 Å². The molecule has 0 unspecified atom stereocenters. The van der Waals surface area contributed by atoms with Gasteiger partial charge in [0.2, 0.25) is 5.91 Å². The molecule has 1 aromatic rings. The molecule has 2 aliphatic rings. The van der Waals surface area contributed by atoms with E-state index in [0.717, 1.165) is 5.56 Å². The largest absolute Gasteiger partial charge is 0.493 e. The number of carbonyl (C=O) groups is 1. The monoisotopic (exact) mass is 435 g/mol. The van der Waals surface area contributed by atoms with Gasteiger partial charge in [0.25, 0.3) is 0 Å². The summed E-state index contributed by atoms with van der Waals surface area (Å²) in [5, 5.41) is 0. The van der Waals surface area contributed by atoms with E-state index in [1.807, 2.05) is 32.0 Å². The van der Waals surface area contributed by atoms with Crippen molar-refractivity contribution >= 4 is 15.7 Å². The molecule has 0 radical (unpaired) electrons. The molecule has 0 bridgehead atoms. The minimum absolute atomic E-state index is 0.0342. The second-order valence-corrected chi connectivity index (χ2v) is 11.5. The minimum Gasteiger partial charge on any atom is -0.493 e. The summed E-state index contributed by atoms with van der Waals surface area (Å²) in [6.45, 7) is 8.66. The topological polar surface area (TPSA) is 72.9 Å². The molecular formula is C23H33NO5S. The van der Waals surface area contributed by atoms with Gasteiger partial charge in [0, 0.05) is 12.6 Å². The lowest BCUT2D eigenvalue weighted by Crippen LogP contribution is -2.42. The first-order valence-corrected chi connectivity index (χ1v) is 12.2. The van der Waals surface area contributed by atoms with E-state index in [1.165, 1.54) is 5.57 Å². The number of carbonyl (C=O) groups excluding carboxylic acids is 1. The second kappa shape index (κ2) is 8.25. The summed E-state index contributed by atoms with van der Waals surface area (Å²) in [4.78, 5) is 15.4. The average Bonchev–Trinajstić information content (AvgIpc) is 3.00. The average molecular weight is 436 g/mol. The summed E-state index contributed by atoms with van der Waals surface area (Å²) >= 11 is 0. The third-order valence-corrected chi connectivity index (χ3v) is 8.17. The quantitative estimate of drug-likeness (QED) is 0.614. The zero-order valence-corrected chi connectivity index (χ0v) is 19.6. The fourth-order valence-corrected chi connectivity index (χ4v) is 6.31. The maximum absolute atomic E-state index is 13.6. The summed E-state index contributed by atoms with van der Waals surface area (Å²) < 4.78 is 35.0. The van der Waals surface area contributed by atoms with E-state index < -0.39 is 9.84 Å². The number of hydrogen-bond donors (Lipinski definition) is 0. The number of allylic oxidation sites excluding steroid dienone is 2. The maximum Gasteiger partial charge on any atom is 0.227 e. The van der Waals surface area contributed by atoms with Crippen molar-refractivity contribution in [1.82, 2.24) is 4.90 Å². The van der Waals surface area contributed by atoms with Crippen LogP contribution in [-0.4, -0.2) is 51.0 Å². The van der Waals surface area contributed by atoms with E-state index >= 15 is 0 Å². The molecule has 0 spiro atoms. The highest BCUT2D eigenvalue weighted by molar-refractivity contribution is 7.91. The maximum atomic E-state index is 13.6. The van der Waals surface area contributed by atoms with Crippen LogP contribution in [0.25, 0.3) is 0 Å². The molecule has 3 atom stereocenters. The molecule has 1 saturated heterocycles. The van der Waals surface area contributed by atoms with Crippen molar-refractivity contribution in [2.75, 3.05) is 25.7 Å². The van der Waals surface area contributed by atoms with E-state index in [-0.39, 0.29) is 40.7 Å². The van der Waals surface area contributed by atoms with Gasteiger partial charge in [-0.05, 0) is 49.3 Å². The Labute approximate surface area is 180 Å². The summed E-state index contributed by atoms with van der Waals surface area (Å²) in [6.07, 6.45) is 2.66. The Morgan fingerprint density at radius 3 is 2.40 bits per heavy atom. The van der Waals surface area contributed by atoms with Crippen molar-refractivity contribution < 1.29 is 22.7 Å². The van der Waals surface area contributed by atoms with Gasteiger partial charge >= 0.3 is 0 Å². The Bertz CT molecular complexity index is 946. The Kier molecular flexibility index (Phi) is 6.23. The van der Waals surface area contributed by atoms with E-state index in [0.29, 0.717) is 24.5 Å². The zero-order valence-electron chi connectivity index (χ0n) is 18.8. The van der Waals surface area contributed by atoms with Crippen LogP contribution in [0.15, 0.2) is 29.8 Å². The molecule has 1 amide bonds. The van der Waals surface area contributed by atoms with Crippen LogP contribution in [0.4, 0.5) is 0 Å². The van der Waals surface area contributed by atoms with Gasteiger partial charge in [0.15, 0.2) is 21.3 Å². The first-order chi connectivity index (χ1) is 14.0. The number of rotatable bonds is 7. The number of hydrogen-bond acceptors (Lipinski definition) is 5. The van der Waals surface area contributed by atoms with Gasteiger partial charge in [-0.3, -0.25) is 4.79 Å². The Morgan fingerprint density at radius 1 is 1.20 bits per heavy atom. The number of methoxy groups -OCH3 is 2. The predicted octanol–water partition coefficient (Wildman–Crippen LogP) is 3.46. The highest BCUT2D eigenvalue weighted by Crippen LogP contribution is 2.60. The number of nitrogens with zero attached hydrogens (tertiary/aromatic N) is 1. The van der Waals surface area contributed by atoms with Gasteiger partial charge in [0.1, 0.15) is 0 Å². The number of benzene rings is 1. The van der Waals surface area contributed by atoms with E-state index in [9.17, 15) is 13.2 Å². The molecule has 1 aliphatic heterocycles. The molecule has 1 aliphatic carbocycles. The molecule has 6 nitrogen and oxygen atoms in total. The SMILES string of the molecule is COc1ccc(CN(C(=O)[C@@H]2[C@H](C=C(C)C)C2(C)C)[C@@H]2CCS(=O)(=O)C2)cc1OC. The first kappa shape index (κ1) is 22.7. The molecule has 0 aromatic heterocycles. The molecule has 3 rings (SSSR count). The van der Waals surface area contributed by atoms with Crippen molar-refractivity contribution in [2.45, 2.75) is 46.7 Å². The van der Waals surface area contributed by atoms with E-state index in [4.69, 9.17) is 9.47 Å². The van der Waals surface area contributed by atoms with Crippen LogP contribution in [0.2, 0.25) is 0 Å². The highest BCUT2D eigenvalue weighted by Gasteiger charge is 2.61. The third-order valence-electron chi connectivity index (χ3n) is 6.42. The molecule has 1 aromatic carbocycles. The van der Waals surface area contributed by atoms with Gasteiger partial charge in [-0.2, -0.15) is 0 Å². The fourth-order valence-electron chi connectivity index (χ4n) is 4.58. The van der Waals surface area contributed by atoms with E-state index in [1.54, 1.807) is 19.1 Å². The summed E-state index contributed by atoms with van der Waals surface area (Å²) in [5.41, 5.74) is 1.96. The Hall–Kier alpha value is -2.02. The van der Waals surface area contributed by atoms with E-state index in [2.05, 4.69) is 19.9 Å². The fraction of sp³-hybridized carbons (Fsp3) is 0.609. The first-order valence-electron chi connectivity index (χ1n) is 10.4. The molecule has 1 heterocycles. The zero-order chi connectivity index (χ0) is 22.3. The number of amides is 1. The van der Waals surface area contributed by atoms with Crippen molar-refractivity contribution in [2.24, 2.45) is 17.3 Å². The van der Waals surface area contributed by atoms with Crippen LogP contribution in [0, 0.1) is 17.3 Å². The normalized spacial score (nSPS) is 26.0. The third kappa shape index (κ3) is 4.51. The molecular weight excluding hydrogens is 402 g/mol. The number of sulfone groups is 1. The van der Waals surface area contributed by atoms with Gasteiger partial charge in [-0.15, -0.1) is 0 Å². The predicted molar refractivity (Wildman–Crippen MR) is 117 cm³/mol. The molecule has 166 valence electrons. The van der Waals surface area contributed by atoms with Gasteiger partial charge in [-0.1, -0.05) is 31.6 Å². The summed E-state index contributed by atoms with van der Waals surface area (Å²) in [7, 11) is 0.0460. The van der Waals surface area contributed by atoms with Crippen LogP contribution >= 0.6 is 0 Å². The second-order valence-electron chi connectivity index (χ2n) is 9.28. The van der Waals surface area contributed by atoms with Crippen LogP contribution < -0.4 is 9.47 Å². The standard InChI is InChI=1S/C23H33NO5S/c1-15(2)11-18-21(23(18,3)4)22(25)24(17-9-10-30(26,27)14-17)13-16-7-8-19(28-5)20(12-16)29-6/h7-8,11-12,17-18,21H,9-10,13-14H2,1-6H3/t17-,18+,21+/m1/s1. The van der Waals surface area contributed by atoms with Crippen molar-refractivity contribution in [3.63, 3.8) is 0 Å². The Morgan fingerprint density at radius 2 is 1.87 bits per heavy atom. The van der Waals surface area contributed by atoms with Gasteiger partial charge in [-0.25, -0.2) is 8.42 Å². The molecule has 7 heteroatoms. The minimum atomic E-state index is -3.11. The van der Waals surface area contributed by atoms with Crippen molar-refractivity contribution in [3.8, 4) is 11.5 Å². The lowest BCUT2D eigenvalue weighted by molar-refractivity contribution is -0.136. The summed E-state index contributed by atoms with van der Waals surface area (Å²) in [5.74, 6) is 1.48. The van der Waals surface area contributed by atoms with Gasteiger partial charge < -0.3 is 14.4 Å². The number of ether oxygens (including phenoxy) is 2. The van der Waals surface area contributed by atoms with Gasteiger partial charge in [0.05, 0.1) is 31.6 Å². The molecule has 30 heavy (non-hydrogen) atoms. The highest BCUT2D eigenvalue weighted by atomic mass is 32.2. The Balaban J connectivity index is 1.90. The van der Waals surface area contributed by atoms with Crippen molar-refractivity contribution in [1.29, 1.82) is 0 Å². The lowest BCUT2D eigenvalue weighted by Gasteiger charge is -2.29. The molecule has 1 saturated carbocycles. The lowest BCUT2D eigenvalue weighted by atomic mass is 10.1. The molecule has 0 N–H and O–H groups in total. The van der Waals surface area contributed by atoms with Crippen molar-refractivity contribution in [3.05, 3.63) is 35.4 Å².